The summed E-state index contributed by atoms with van der Waals surface area (Å²) in [7, 11) is 0. The first-order valence-electron chi connectivity index (χ1n) is 10.4. The van der Waals surface area contributed by atoms with E-state index in [0.29, 0.717) is 31.0 Å². The molecule has 2 aromatic carbocycles. The molecule has 1 amide bonds. The fourth-order valence-corrected chi connectivity index (χ4v) is 2.90. The highest BCUT2D eigenvalue weighted by atomic mass is 16.5. The number of hydrogen-bond donors (Lipinski definition) is 1. The van der Waals surface area contributed by atoms with E-state index in [-0.39, 0.29) is 31.4 Å². The van der Waals surface area contributed by atoms with Crippen molar-refractivity contribution in [3.05, 3.63) is 71.1 Å². The first-order chi connectivity index (χ1) is 15.0. The Morgan fingerprint density at radius 2 is 1.58 bits per heavy atom. The van der Waals surface area contributed by atoms with Crippen LogP contribution in [0.4, 0.5) is 0 Å². The van der Waals surface area contributed by atoms with Gasteiger partial charge in [-0.25, -0.2) is 0 Å². The molecule has 1 aromatic heterocycles. The number of amides is 1. The number of ether oxygens (including phenoxy) is 1. The van der Waals surface area contributed by atoms with E-state index in [2.05, 4.69) is 15.5 Å². The van der Waals surface area contributed by atoms with Crippen LogP contribution < -0.4 is 5.32 Å². The molecule has 3 aromatic rings. The molecule has 162 valence electrons. The molecule has 1 heterocycles. The molecule has 0 aliphatic carbocycles. The van der Waals surface area contributed by atoms with E-state index >= 15 is 0 Å². The van der Waals surface area contributed by atoms with Crippen molar-refractivity contribution in [1.29, 1.82) is 0 Å². The summed E-state index contributed by atoms with van der Waals surface area (Å²) >= 11 is 0. The lowest BCUT2D eigenvalue weighted by atomic mass is 10.1. The summed E-state index contributed by atoms with van der Waals surface area (Å²) in [6, 6.07) is 15.9. The average molecular weight is 421 g/mol. The Bertz CT molecular complexity index is 994. The topological polar surface area (TPSA) is 94.3 Å². The summed E-state index contributed by atoms with van der Waals surface area (Å²) in [5.74, 6) is 0.378. The van der Waals surface area contributed by atoms with E-state index < -0.39 is 0 Å². The lowest BCUT2D eigenvalue weighted by Crippen LogP contribution is -2.28. The van der Waals surface area contributed by atoms with Gasteiger partial charge in [0.05, 0.1) is 13.0 Å². The predicted molar refractivity (Wildman–Crippen MR) is 116 cm³/mol. The van der Waals surface area contributed by atoms with Crippen LogP contribution in [0.5, 0.6) is 0 Å². The van der Waals surface area contributed by atoms with E-state index in [1.807, 2.05) is 62.4 Å². The molecule has 0 bridgehead atoms. The largest absolute Gasteiger partial charge is 0.464 e. The summed E-state index contributed by atoms with van der Waals surface area (Å²) in [4.78, 5) is 23.8. The third-order valence-electron chi connectivity index (χ3n) is 4.76. The molecule has 0 unspecified atom stereocenters. The highest BCUT2D eigenvalue weighted by molar-refractivity contribution is 5.76. The molecule has 3 rings (SSSR count). The van der Waals surface area contributed by atoms with Gasteiger partial charge >= 0.3 is 5.97 Å². The van der Waals surface area contributed by atoms with Crippen molar-refractivity contribution >= 4 is 11.9 Å². The van der Waals surface area contributed by atoms with E-state index in [0.717, 1.165) is 16.7 Å². The minimum absolute atomic E-state index is 0.0638. The zero-order valence-corrected chi connectivity index (χ0v) is 17.9. The maximum Gasteiger partial charge on any atom is 0.306 e. The molecule has 0 aliphatic heterocycles. The molecule has 7 nitrogen and oxygen atoms in total. The van der Waals surface area contributed by atoms with Gasteiger partial charge in [0.25, 0.3) is 0 Å². The van der Waals surface area contributed by atoms with Crippen molar-refractivity contribution in [1.82, 2.24) is 15.5 Å². The number of nitrogens with zero attached hydrogens (tertiary/aromatic N) is 2. The number of esters is 1. The second-order valence-electron chi connectivity index (χ2n) is 7.42. The maximum atomic E-state index is 11.9. The Labute approximate surface area is 181 Å². The van der Waals surface area contributed by atoms with Gasteiger partial charge in [-0.15, -0.1) is 10.2 Å². The van der Waals surface area contributed by atoms with Crippen molar-refractivity contribution < 1.29 is 18.7 Å². The van der Waals surface area contributed by atoms with Crippen LogP contribution in [0.15, 0.2) is 52.9 Å². The highest BCUT2D eigenvalue weighted by Crippen LogP contribution is 2.18. The van der Waals surface area contributed by atoms with Gasteiger partial charge < -0.3 is 14.5 Å². The number of nitrogens with one attached hydrogen (secondary N) is 1. The van der Waals surface area contributed by atoms with Crippen LogP contribution in [0.1, 0.15) is 35.4 Å². The summed E-state index contributed by atoms with van der Waals surface area (Å²) in [5.41, 5.74) is 4.30. The van der Waals surface area contributed by atoms with E-state index in [9.17, 15) is 9.59 Å². The SMILES string of the molecule is Cc1ccc(CCC(=O)NCCOC(=O)CCc2nnc(-c3ccc(C)cc3)o2)cc1. The van der Waals surface area contributed by atoms with Crippen LogP contribution in [0.25, 0.3) is 11.5 Å². The number of carbonyl (C=O) groups excluding carboxylic acids is 2. The van der Waals surface area contributed by atoms with Crippen LogP contribution in [-0.4, -0.2) is 35.2 Å². The number of aryl methyl sites for hydroxylation is 4. The van der Waals surface area contributed by atoms with Gasteiger partial charge in [0, 0.05) is 18.4 Å². The Morgan fingerprint density at radius 3 is 2.29 bits per heavy atom. The van der Waals surface area contributed by atoms with Crippen LogP contribution in [0.2, 0.25) is 0 Å². The first-order valence-corrected chi connectivity index (χ1v) is 10.4. The Hall–Kier alpha value is -3.48. The lowest BCUT2D eigenvalue weighted by Gasteiger charge is -2.07. The molecule has 31 heavy (non-hydrogen) atoms. The first kappa shape index (κ1) is 22.2. The summed E-state index contributed by atoms with van der Waals surface area (Å²) in [5, 5.41) is 10.8. The number of aromatic nitrogens is 2. The van der Waals surface area contributed by atoms with Crippen LogP contribution in [-0.2, 0) is 27.2 Å². The molecule has 7 heteroatoms. The summed E-state index contributed by atoms with van der Waals surface area (Å²) < 4.78 is 10.8. The maximum absolute atomic E-state index is 11.9. The molecular weight excluding hydrogens is 394 g/mol. The van der Waals surface area contributed by atoms with Crippen LogP contribution >= 0.6 is 0 Å². The number of carbonyl (C=O) groups is 2. The zero-order chi connectivity index (χ0) is 22.1. The molecule has 0 spiro atoms. The fraction of sp³-hybridized carbons (Fsp3) is 0.333. The van der Waals surface area contributed by atoms with Gasteiger partial charge in [0.2, 0.25) is 17.7 Å². The second-order valence-corrected chi connectivity index (χ2v) is 7.42. The van der Waals surface area contributed by atoms with Gasteiger partial charge in [0.1, 0.15) is 6.61 Å². The third kappa shape index (κ3) is 7.37. The Balaban J connectivity index is 1.29. The Kier molecular flexibility index (Phi) is 7.92. The van der Waals surface area contributed by atoms with Gasteiger partial charge in [-0.3, -0.25) is 9.59 Å². The average Bonchev–Trinajstić information content (AvgIpc) is 3.24. The van der Waals surface area contributed by atoms with E-state index in [1.54, 1.807) is 0 Å². The molecule has 0 saturated carbocycles. The number of rotatable bonds is 10. The van der Waals surface area contributed by atoms with Crippen molar-refractivity contribution in [2.24, 2.45) is 0 Å². The van der Waals surface area contributed by atoms with Crippen molar-refractivity contribution in [2.45, 2.75) is 39.5 Å². The summed E-state index contributed by atoms with van der Waals surface area (Å²) in [6.07, 6.45) is 1.52. The molecule has 1 N–H and O–H groups in total. The molecule has 0 atom stereocenters. The van der Waals surface area contributed by atoms with E-state index in [4.69, 9.17) is 9.15 Å². The van der Waals surface area contributed by atoms with Crippen molar-refractivity contribution in [2.75, 3.05) is 13.2 Å². The second kappa shape index (κ2) is 11.1. The predicted octanol–water partition coefficient (Wildman–Crippen LogP) is 3.58. The summed E-state index contributed by atoms with van der Waals surface area (Å²) in [6.45, 7) is 4.46. The molecule has 0 saturated heterocycles. The van der Waals surface area contributed by atoms with E-state index in [1.165, 1.54) is 5.56 Å². The smallest absolute Gasteiger partial charge is 0.306 e. The Morgan fingerprint density at radius 1 is 0.903 bits per heavy atom. The number of hydrogen-bond acceptors (Lipinski definition) is 6. The minimum Gasteiger partial charge on any atom is -0.464 e. The molecule has 0 fully saturated rings. The zero-order valence-electron chi connectivity index (χ0n) is 17.9. The number of benzene rings is 2. The van der Waals surface area contributed by atoms with Crippen molar-refractivity contribution in [3.63, 3.8) is 0 Å². The molecule has 0 radical (unpaired) electrons. The standard InChI is InChI=1S/C24H27N3O4/c1-17-3-7-19(8-4-17)9-12-21(28)25-15-16-30-23(29)14-13-22-26-27-24(31-22)20-10-5-18(2)6-11-20/h3-8,10-11H,9,12-16H2,1-2H3,(H,25,28). The molecule has 0 aliphatic rings. The van der Waals surface area contributed by atoms with Crippen LogP contribution in [0, 0.1) is 13.8 Å². The highest BCUT2D eigenvalue weighted by Gasteiger charge is 2.11. The minimum atomic E-state index is -0.371. The van der Waals surface area contributed by atoms with Crippen molar-refractivity contribution in [3.8, 4) is 11.5 Å². The monoisotopic (exact) mass is 421 g/mol. The molecular formula is C24H27N3O4. The fourth-order valence-electron chi connectivity index (χ4n) is 2.90. The normalized spacial score (nSPS) is 10.6. The third-order valence-corrected chi connectivity index (χ3v) is 4.76. The van der Waals surface area contributed by atoms with Gasteiger partial charge in [-0.2, -0.15) is 0 Å². The lowest BCUT2D eigenvalue weighted by molar-refractivity contribution is -0.144. The van der Waals surface area contributed by atoms with Gasteiger partial charge in [-0.05, 0) is 38.0 Å². The van der Waals surface area contributed by atoms with Crippen LogP contribution in [0.3, 0.4) is 0 Å². The quantitative estimate of drug-likeness (QED) is 0.397. The van der Waals surface area contributed by atoms with Gasteiger partial charge in [0.15, 0.2) is 0 Å². The van der Waals surface area contributed by atoms with Gasteiger partial charge in [-0.1, -0.05) is 47.5 Å².